The van der Waals surface area contributed by atoms with Crippen LogP contribution in [0.3, 0.4) is 0 Å². The molecule has 0 saturated heterocycles. The molecule has 0 aromatic heterocycles. The van der Waals surface area contributed by atoms with Gasteiger partial charge < -0.3 is 4.74 Å². The second kappa shape index (κ2) is 6.85. The third-order valence-electron chi connectivity index (χ3n) is 3.20. The van der Waals surface area contributed by atoms with Gasteiger partial charge in [-0.25, -0.2) is 0 Å². The lowest BCUT2D eigenvalue weighted by molar-refractivity contribution is -0.386. The lowest BCUT2D eigenvalue weighted by Crippen LogP contribution is -2.08. The lowest BCUT2D eigenvalue weighted by atomic mass is 10.0. The molecule has 5 nitrogen and oxygen atoms in total. The number of nitro benzene ring substituents is 1. The van der Waals surface area contributed by atoms with Crippen molar-refractivity contribution in [2.75, 3.05) is 0 Å². The van der Waals surface area contributed by atoms with E-state index in [9.17, 15) is 14.9 Å². The standard InChI is InChI=1S/C17H17NO4/c1-12(2)17(19)14-8-9-16(15(10-14)18(20)21)22-11-13-6-4-3-5-7-13/h3-10,12H,11H2,1-2H3. The summed E-state index contributed by atoms with van der Waals surface area (Å²) in [6, 6.07) is 13.7. The maximum atomic E-state index is 11.9. The smallest absolute Gasteiger partial charge is 0.311 e. The second-order valence-corrected chi connectivity index (χ2v) is 5.23. The summed E-state index contributed by atoms with van der Waals surface area (Å²) in [6.07, 6.45) is 0. The number of carbonyl (C=O) groups is 1. The van der Waals surface area contributed by atoms with Gasteiger partial charge in [0.2, 0.25) is 0 Å². The summed E-state index contributed by atoms with van der Waals surface area (Å²) in [4.78, 5) is 22.6. The van der Waals surface area contributed by atoms with E-state index < -0.39 is 4.92 Å². The summed E-state index contributed by atoms with van der Waals surface area (Å²) in [6.45, 7) is 3.75. The average molecular weight is 299 g/mol. The molecule has 0 N–H and O–H groups in total. The summed E-state index contributed by atoms with van der Waals surface area (Å²) in [5, 5.41) is 11.2. The molecule has 114 valence electrons. The number of ether oxygens (including phenoxy) is 1. The van der Waals surface area contributed by atoms with Gasteiger partial charge in [-0.3, -0.25) is 14.9 Å². The number of Topliss-reactive ketones (excluding diaryl/α,β-unsaturated/α-hetero) is 1. The van der Waals surface area contributed by atoms with Crippen molar-refractivity contribution in [2.45, 2.75) is 20.5 Å². The van der Waals surface area contributed by atoms with E-state index in [-0.39, 0.29) is 29.7 Å². The Hall–Kier alpha value is -2.69. The minimum atomic E-state index is -0.530. The van der Waals surface area contributed by atoms with E-state index in [1.807, 2.05) is 30.3 Å². The van der Waals surface area contributed by atoms with Gasteiger partial charge in [-0.05, 0) is 17.7 Å². The van der Waals surface area contributed by atoms with Gasteiger partial charge >= 0.3 is 5.69 Å². The Morgan fingerprint density at radius 2 is 1.86 bits per heavy atom. The van der Waals surface area contributed by atoms with E-state index >= 15 is 0 Å². The Labute approximate surface area is 128 Å². The number of hydrogen-bond donors (Lipinski definition) is 0. The van der Waals surface area contributed by atoms with Crippen LogP contribution in [0.2, 0.25) is 0 Å². The van der Waals surface area contributed by atoms with Crippen molar-refractivity contribution in [3.8, 4) is 5.75 Å². The molecule has 2 aromatic rings. The molecule has 0 heterocycles. The van der Waals surface area contributed by atoms with Gasteiger partial charge in [0.1, 0.15) is 6.61 Å². The summed E-state index contributed by atoms with van der Waals surface area (Å²) in [7, 11) is 0. The molecular formula is C17H17NO4. The molecule has 0 spiro atoms. The fourth-order valence-corrected chi connectivity index (χ4v) is 2.00. The van der Waals surface area contributed by atoms with Crippen molar-refractivity contribution in [3.63, 3.8) is 0 Å². The second-order valence-electron chi connectivity index (χ2n) is 5.23. The van der Waals surface area contributed by atoms with Crippen molar-refractivity contribution in [3.05, 3.63) is 69.8 Å². The number of nitrogens with zero attached hydrogens (tertiary/aromatic N) is 1. The predicted molar refractivity (Wildman–Crippen MR) is 83.0 cm³/mol. The SMILES string of the molecule is CC(C)C(=O)c1ccc(OCc2ccccc2)c([N+](=O)[O-])c1. The molecular weight excluding hydrogens is 282 g/mol. The third-order valence-corrected chi connectivity index (χ3v) is 3.20. The molecule has 0 unspecified atom stereocenters. The third kappa shape index (κ3) is 3.69. The Morgan fingerprint density at radius 3 is 2.45 bits per heavy atom. The van der Waals surface area contributed by atoms with Crippen LogP contribution in [0.25, 0.3) is 0 Å². The molecule has 0 aliphatic rings. The molecule has 0 radical (unpaired) electrons. The molecule has 0 aliphatic heterocycles. The summed E-state index contributed by atoms with van der Waals surface area (Å²) in [5.74, 6) is -0.178. The van der Waals surface area contributed by atoms with Gasteiger partial charge in [-0.15, -0.1) is 0 Å². The van der Waals surface area contributed by atoms with Crippen LogP contribution in [-0.2, 0) is 6.61 Å². The average Bonchev–Trinajstić information content (AvgIpc) is 2.52. The van der Waals surface area contributed by atoms with Crippen LogP contribution in [0, 0.1) is 16.0 Å². The Bertz CT molecular complexity index is 680. The first-order valence-corrected chi connectivity index (χ1v) is 6.98. The molecule has 0 fully saturated rings. The number of carbonyl (C=O) groups excluding carboxylic acids is 1. The van der Waals surface area contributed by atoms with E-state index in [2.05, 4.69) is 0 Å². The van der Waals surface area contributed by atoms with Gasteiger partial charge in [0.15, 0.2) is 11.5 Å². The van der Waals surface area contributed by atoms with Crippen molar-refractivity contribution >= 4 is 11.5 Å². The van der Waals surface area contributed by atoms with Gasteiger partial charge in [-0.2, -0.15) is 0 Å². The van der Waals surface area contributed by atoms with E-state index in [0.29, 0.717) is 5.56 Å². The van der Waals surface area contributed by atoms with Crippen LogP contribution in [0.15, 0.2) is 48.5 Å². The van der Waals surface area contributed by atoms with Crippen LogP contribution >= 0.6 is 0 Å². The molecule has 0 saturated carbocycles. The molecule has 0 aliphatic carbocycles. The largest absolute Gasteiger partial charge is 0.482 e. The van der Waals surface area contributed by atoms with E-state index in [1.165, 1.54) is 12.1 Å². The number of ketones is 1. The quantitative estimate of drug-likeness (QED) is 0.459. The summed E-state index contributed by atoms with van der Waals surface area (Å²) >= 11 is 0. The maximum Gasteiger partial charge on any atom is 0.311 e. The molecule has 22 heavy (non-hydrogen) atoms. The number of benzene rings is 2. The molecule has 5 heteroatoms. The fraction of sp³-hybridized carbons (Fsp3) is 0.235. The number of hydrogen-bond acceptors (Lipinski definition) is 4. The van der Waals surface area contributed by atoms with E-state index in [1.54, 1.807) is 19.9 Å². The van der Waals surface area contributed by atoms with Crippen molar-refractivity contribution < 1.29 is 14.5 Å². The Morgan fingerprint density at radius 1 is 1.18 bits per heavy atom. The molecule has 0 atom stereocenters. The van der Waals surface area contributed by atoms with Crippen molar-refractivity contribution in [1.82, 2.24) is 0 Å². The van der Waals surface area contributed by atoms with E-state index in [4.69, 9.17) is 4.74 Å². The minimum absolute atomic E-state index is 0.127. The summed E-state index contributed by atoms with van der Waals surface area (Å²) < 4.78 is 5.53. The summed E-state index contributed by atoms with van der Waals surface area (Å²) in [5.41, 5.74) is 1.05. The maximum absolute atomic E-state index is 11.9. The monoisotopic (exact) mass is 299 g/mol. The van der Waals surface area contributed by atoms with Crippen molar-refractivity contribution in [2.24, 2.45) is 5.92 Å². The van der Waals surface area contributed by atoms with Gasteiger partial charge in [0, 0.05) is 17.5 Å². The Balaban J connectivity index is 2.24. The number of rotatable bonds is 6. The zero-order chi connectivity index (χ0) is 16.1. The topological polar surface area (TPSA) is 69.4 Å². The van der Waals surface area contributed by atoms with E-state index in [0.717, 1.165) is 5.56 Å². The number of nitro groups is 1. The normalized spacial score (nSPS) is 10.5. The van der Waals surface area contributed by atoms with Gasteiger partial charge in [-0.1, -0.05) is 44.2 Å². The van der Waals surface area contributed by atoms with Gasteiger partial charge in [0.25, 0.3) is 0 Å². The lowest BCUT2D eigenvalue weighted by Gasteiger charge is -2.09. The highest BCUT2D eigenvalue weighted by Gasteiger charge is 2.20. The van der Waals surface area contributed by atoms with Crippen LogP contribution in [-0.4, -0.2) is 10.7 Å². The highest BCUT2D eigenvalue weighted by molar-refractivity contribution is 5.98. The minimum Gasteiger partial charge on any atom is -0.482 e. The van der Waals surface area contributed by atoms with Crippen LogP contribution in [0.5, 0.6) is 5.75 Å². The Kier molecular flexibility index (Phi) is 4.88. The van der Waals surface area contributed by atoms with Crippen LogP contribution in [0.1, 0.15) is 29.8 Å². The van der Waals surface area contributed by atoms with Gasteiger partial charge in [0.05, 0.1) is 4.92 Å². The highest BCUT2D eigenvalue weighted by Crippen LogP contribution is 2.29. The molecule has 2 aromatic carbocycles. The predicted octanol–water partition coefficient (Wildman–Crippen LogP) is 4.01. The zero-order valence-corrected chi connectivity index (χ0v) is 12.5. The molecule has 0 amide bonds. The van der Waals surface area contributed by atoms with Crippen LogP contribution < -0.4 is 4.74 Å². The highest BCUT2D eigenvalue weighted by atomic mass is 16.6. The van der Waals surface area contributed by atoms with Crippen molar-refractivity contribution in [1.29, 1.82) is 0 Å². The van der Waals surface area contributed by atoms with Crippen LogP contribution in [0.4, 0.5) is 5.69 Å². The zero-order valence-electron chi connectivity index (χ0n) is 12.5. The molecule has 0 bridgehead atoms. The first kappa shape index (κ1) is 15.7. The fourth-order valence-electron chi connectivity index (χ4n) is 2.00. The first-order chi connectivity index (χ1) is 10.5. The first-order valence-electron chi connectivity index (χ1n) is 6.98. The molecule has 2 rings (SSSR count).